The van der Waals surface area contributed by atoms with Gasteiger partial charge in [-0.2, -0.15) is 0 Å². The van der Waals surface area contributed by atoms with Crippen molar-refractivity contribution in [3.8, 4) is 11.1 Å². The molecule has 0 radical (unpaired) electrons. The summed E-state index contributed by atoms with van der Waals surface area (Å²) in [5.74, 6) is 0.774. The van der Waals surface area contributed by atoms with Gasteiger partial charge in [-0.3, -0.25) is 0 Å². The van der Waals surface area contributed by atoms with Crippen molar-refractivity contribution in [2.75, 3.05) is 0 Å². The van der Waals surface area contributed by atoms with E-state index in [1.54, 1.807) is 18.2 Å². The van der Waals surface area contributed by atoms with Gasteiger partial charge in [-0.15, -0.1) is 6.58 Å². The molecule has 0 aromatic heterocycles. The molecule has 0 amide bonds. The lowest BCUT2D eigenvalue weighted by molar-refractivity contribution is 0.299. The van der Waals surface area contributed by atoms with Crippen molar-refractivity contribution in [2.24, 2.45) is 5.92 Å². The van der Waals surface area contributed by atoms with Crippen LogP contribution in [0.1, 0.15) is 81.8 Å². The largest absolute Gasteiger partial charge is 0.207 e. The molecule has 0 bridgehead atoms. The predicted octanol–water partition coefficient (Wildman–Crippen LogP) is 8.60. The smallest absolute Gasteiger partial charge is 0.127 e. The Morgan fingerprint density at radius 3 is 2.24 bits per heavy atom. The molecule has 2 aromatic carbocycles. The Morgan fingerprint density at radius 1 is 0.931 bits per heavy atom. The van der Waals surface area contributed by atoms with Gasteiger partial charge in [0.25, 0.3) is 0 Å². The molecule has 2 heteroatoms. The van der Waals surface area contributed by atoms with Gasteiger partial charge >= 0.3 is 0 Å². The number of unbranched alkanes of at least 4 members (excludes halogenated alkanes) is 2. The van der Waals surface area contributed by atoms with E-state index in [0.29, 0.717) is 17.9 Å². The molecule has 1 aliphatic rings. The van der Waals surface area contributed by atoms with Crippen LogP contribution in [0, 0.1) is 17.6 Å². The zero-order valence-corrected chi connectivity index (χ0v) is 17.7. The first-order chi connectivity index (χ1) is 14.1. The molecule has 0 atom stereocenters. The van der Waals surface area contributed by atoms with Crippen molar-refractivity contribution < 1.29 is 8.78 Å². The molecule has 0 spiro atoms. The Morgan fingerprint density at radius 2 is 1.62 bits per heavy atom. The van der Waals surface area contributed by atoms with E-state index in [9.17, 15) is 8.78 Å². The maximum absolute atomic E-state index is 14.9. The third-order valence-electron chi connectivity index (χ3n) is 6.51. The summed E-state index contributed by atoms with van der Waals surface area (Å²) in [5, 5.41) is 0. The Hall–Kier alpha value is -1.96. The zero-order valence-electron chi connectivity index (χ0n) is 17.7. The van der Waals surface area contributed by atoms with Crippen LogP contribution in [-0.2, 0) is 6.42 Å². The van der Waals surface area contributed by atoms with Crippen LogP contribution in [0.3, 0.4) is 0 Å². The minimum absolute atomic E-state index is 0.145. The van der Waals surface area contributed by atoms with Crippen molar-refractivity contribution in [3.63, 3.8) is 0 Å². The van der Waals surface area contributed by atoms with E-state index >= 15 is 0 Å². The van der Waals surface area contributed by atoms with Gasteiger partial charge in [0.15, 0.2) is 0 Å². The van der Waals surface area contributed by atoms with Gasteiger partial charge in [0, 0.05) is 0 Å². The van der Waals surface area contributed by atoms with Crippen LogP contribution in [0.2, 0.25) is 0 Å². The van der Waals surface area contributed by atoms with Crippen molar-refractivity contribution in [1.29, 1.82) is 0 Å². The van der Waals surface area contributed by atoms with E-state index in [1.165, 1.54) is 44.6 Å². The van der Waals surface area contributed by atoms with Crippen molar-refractivity contribution in [2.45, 2.75) is 77.0 Å². The average molecular weight is 397 g/mol. The van der Waals surface area contributed by atoms with E-state index in [0.717, 1.165) is 41.9 Å². The molecule has 0 N–H and O–H groups in total. The van der Waals surface area contributed by atoms with Gasteiger partial charge < -0.3 is 0 Å². The molecular formula is C27H34F2. The second-order valence-corrected chi connectivity index (χ2v) is 8.58. The molecule has 156 valence electrons. The van der Waals surface area contributed by atoms with Crippen molar-refractivity contribution in [1.82, 2.24) is 0 Å². The molecule has 0 aliphatic heterocycles. The standard InChI is InChI=1S/C27H34F2/c1-3-5-7-8-20-10-12-21(13-11-20)25-17-16-24(19-27(25)29)23-15-14-22(9-6-4-2)26(28)18-23/h4,14-21H,2-3,5-13H2,1H3. The summed E-state index contributed by atoms with van der Waals surface area (Å²) in [5.41, 5.74) is 2.99. The minimum atomic E-state index is -0.227. The Labute approximate surface area is 175 Å². The first kappa shape index (κ1) is 21.7. The highest BCUT2D eigenvalue weighted by molar-refractivity contribution is 5.64. The zero-order chi connectivity index (χ0) is 20.6. The predicted molar refractivity (Wildman–Crippen MR) is 119 cm³/mol. The van der Waals surface area contributed by atoms with Gasteiger partial charge in [0.1, 0.15) is 11.6 Å². The highest BCUT2D eigenvalue weighted by Gasteiger charge is 2.24. The molecule has 2 aromatic rings. The maximum atomic E-state index is 14.9. The maximum Gasteiger partial charge on any atom is 0.127 e. The number of benzene rings is 2. The fraction of sp³-hybridized carbons (Fsp3) is 0.481. The number of allylic oxidation sites excluding steroid dienone is 1. The third kappa shape index (κ3) is 5.78. The Balaban J connectivity index is 1.65. The highest BCUT2D eigenvalue weighted by Crippen LogP contribution is 2.39. The van der Waals surface area contributed by atoms with E-state index in [4.69, 9.17) is 0 Å². The number of aryl methyl sites for hydroxylation is 1. The molecule has 0 saturated heterocycles. The second-order valence-electron chi connectivity index (χ2n) is 8.58. The van der Waals surface area contributed by atoms with E-state index < -0.39 is 0 Å². The molecule has 0 unspecified atom stereocenters. The molecule has 0 nitrogen and oxygen atoms in total. The summed E-state index contributed by atoms with van der Waals surface area (Å²) in [4.78, 5) is 0. The highest BCUT2D eigenvalue weighted by atomic mass is 19.1. The molecule has 1 saturated carbocycles. The molecule has 29 heavy (non-hydrogen) atoms. The fourth-order valence-corrected chi connectivity index (χ4v) is 4.67. The lowest BCUT2D eigenvalue weighted by atomic mass is 9.76. The van der Waals surface area contributed by atoms with E-state index in [2.05, 4.69) is 13.5 Å². The molecule has 1 fully saturated rings. The SMILES string of the molecule is C=CCCc1ccc(-c2ccc(C3CCC(CCCCC)CC3)c(F)c2)cc1F. The minimum Gasteiger partial charge on any atom is -0.207 e. The number of hydrogen-bond acceptors (Lipinski definition) is 0. The second kappa shape index (κ2) is 10.7. The van der Waals surface area contributed by atoms with E-state index in [1.807, 2.05) is 18.2 Å². The van der Waals surface area contributed by atoms with Crippen molar-refractivity contribution >= 4 is 0 Å². The van der Waals surface area contributed by atoms with E-state index in [-0.39, 0.29) is 11.6 Å². The van der Waals surface area contributed by atoms with Crippen LogP contribution in [0.25, 0.3) is 11.1 Å². The molecule has 1 aliphatic carbocycles. The van der Waals surface area contributed by atoms with Crippen LogP contribution in [0.5, 0.6) is 0 Å². The van der Waals surface area contributed by atoms with Gasteiger partial charge in [-0.05, 0) is 84.7 Å². The summed E-state index contributed by atoms with van der Waals surface area (Å²) < 4.78 is 29.3. The monoisotopic (exact) mass is 396 g/mol. The summed E-state index contributed by atoms with van der Waals surface area (Å²) in [6.07, 6.45) is 13.0. The third-order valence-corrected chi connectivity index (χ3v) is 6.51. The summed E-state index contributed by atoms with van der Waals surface area (Å²) >= 11 is 0. The van der Waals surface area contributed by atoms with Crippen LogP contribution < -0.4 is 0 Å². The van der Waals surface area contributed by atoms with Crippen LogP contribution in [0.15, 0.2) is 49.1 Å². The normalized spacial score (nSPS) is 19.3. The van der Waals surface area contributed by atoms with Gasteiger partial charge in [-0.25, -0.2) is 8.78 Å². The van der Waals surface area contributed by atoms with Gasteiger partial charge in [0.05, 0.1) is 0 Å². The topological polar surface area (TPSA) is 0 Å². The first-order valence-corrected chi connectivity index (χ1v) is 11.3. The fourth-order valence-electron chi connectivity index (χ4n) is 4.67. The average Bonchev–Trinajstić information content (AvgIpc) is 2.73. The Bertz CT molecular complexity index is 800. The van der Waals surface area contributed by atoms with Crippen LogP contribution >= 0.6 is 0 Å². The summed E-state index contributed by atoms with van der Waals surface area (Å²) in [6, 6.07) is 10.7. The van der Waals surface area contributed by atoms with Gasteiger partial charge in [-0.1, -0.05) is 62.9 Å². The van der Waals surface area contributed by atoms with Crippen LogP contribution in [0.4, 0.5) is 8.78 Å². The van der Waals surface area contributed by atoms with Gasteiger partial charge in [0.2, 0.25) is 0 Å². The quantitative estimate of drug-likeness (QED) is 0.294. The molecule has 0 heterocycles. The number of halogens is 2. The molecule has 3 rings (SSSR count). The number of hydrogen-bond donors (Lipinski definition) is 0. The molecular weight excluding hydrogens is 362 g/mol. The first-order valence-electron chi connectivity index (χ1n) is 11.3. The summed E-state index contributed by atoms with van der Waals surface area (Å²) in [7, 11) is 0. The lowest BCUT2D eigenvalue weighted by Crippen LogP contribution is -2.14. The van der Waals surface area contributed by atoms with Crippen LogP contribution in [-0.4, -0.2) is 0 Å². The number of rotatable bonds is 9. The van der Waals surface area contributed by atoms with Crippen molar-refractivity contribution in [3.05, 3.63) is 71.8 Å². The summed E-state index contributed by atoms with van der Waals surface area (Å²) in [6.45, 7) is 5.93. The lowest BCUT2D eigenvalue weighted by Gasteiger charge is -2.29. The Kier molecular flexibility index (Phi) is 8.03.